The number of para-hydroxylation sites is 1. The van der Waals surface area contributed by atoms with E-state index in [1.807, 2.05) is 37.4 Å². The van der Waals surface area contributed by atoms with Gasteiger partial charge in [0, 0.05) is 47.3 Å². The first-order valence-electron chi connectivity index (χ1n) is 10.1. The second-order valence-corrected chi connectivity index (χ2v) is 8.08. The van der Waals surface area contributed by atoms with Gasteiger partial charge in [-0.25, -0.2) is 4.39 Å². The topological polar surface area (TPSA) is 57.4 Å². The summed E-state index contributed by atoms with van der Waals surface area (Å²) in [7, 11) is 0. The molecule has 0 saturated carbocycles. The molecule has 1 aliphatic heterocycles. The Labute approximate surface area is 180 Å². The Morgan fingerprint density at radius 1 is 1.33 bits per heavy atom. The number of morpholine rings is 1. The second kappa shape index (κ2) is 9.16. The molecule has 2 unspecified atom stereocenters. The maximum atomic E-state index is 14.7. The summed E-state index contributed by atoms with van der Waals surface area (Å²) in [5.41, 5.74) is 2.35. The number of carbonyl (C=O) groups excluding carboxylic acids is 1. The lowest BCUT2D eigenvalue weighted by Crippen LogP contribution is -2.47. The number of rotatable bonds is 6. The Morgan fingerprint density at radius 2 is 2.17 bits per heavy atom. The van der Waals surface area contributed by atoms with Crippen molar-refractivity contribution in [2.24, 2.45) is 0 Å². The van der Waals surface area contributed by atoms with Crippen LogP contribution in [0.3, 0.4) is 0 Å². The molecule has 1 aliphatic rings. The van der Waals surface area contributed by atoms with Gasteiger partial charge in [-0.2, -0.15) is 0 Å². The summed E-state index contributed by atoms with van der Waals surface area (Å²) in [5.74, 6) is -0.476. The summed E-state index contributed by atoms with van der Waals surface area (Å²) >= 11 is 6.36. The van der Waals surface area contributed by atoms with Crippen LogP contribution in [0.1, 0.15) is 24.1 Å². The third kappa shape index (κ3) is 4.51. The smallest absolute Gasteiger partial charge is 0.224 e. The molecular weight excluding hydrogens is 405 g/mol. The van der Waals surface area contributed by atoms with Gasteiger partial charge >= 0.3 is 0 Å². The molecule has 0 radical (unpaired) electrons. The molecule has 0 spiro atoms. The van der Waals surface area contributed by atoms with Crippen LogP contribution in [0, 0.1) is 5.82 Å². The van der Waals surface area contributed by atoms with Crippen LogP contribution >= 0.6 is 11.6 Å². The van der Waals surface area contributed by atoms with Gasteiger partial charge in [0.2, 0.25) is 5.91 Å². The van der Waals surface area contributed by atoms with Crippen LogP contribution in [0.25, 0.3) is 10.9 Å². The van der Waals surface area contributed by atoms with Crippen molar-refractivity contribution in [2.45, 2.75) is 25.5 Å². The molecule has 1 saturated heterocycles. The molecule has 3 aromatic rings. The van der Waals surface area contributed by atoms with Crippen LogP contribution in [0.15, 0.2) is 48.7 Å². The molecule has 4 rings (SSSR count). The van der Waals surface area contributed by atoms with Crippen molar-refractivity contribution in [1.29, 1.82) is 0 Å². The molecule has 2 aromatic carbocycles. The zero-order chi connectivity index (χ0) is 21.1. The zero-order valence-corrected chi connectivity index (χ0v) is 17.6. The molecule has 1 fully saturated rings. The van der Waals surface area contributed by atoms with E-state index in [4.69, 9.17) is 16.3 Å². The second-order valence-electron chi connectivity index (χ2n) is 7.67. The summed E-state index contributed by atoms with van der Waals surface area (Å²) < 4.78 is 20.3. The fourth-order valence-corrected chi connectivity index (χ4v) is 4.38. The van der Waals surface area contributed by atoms with Crippen molar-refractivity contribution in [3.8, 4) is 0 Å². The predicted octanol–water partition coefficient (Wildman–Crippen LogP) is 4.08. The third-order valence-corrected chi connectivity index (χ3v) is 5.89. The van der Waals surface area contributed by atoms with Crippen molar-refractivity contribution >= 4 is 28.4 Å². The van der Waals surface area contributed by atoms with Crippen LogP contribution in [0.4, 0.5) is 4.39 Å². The highest BCUT2D eigenvalue weighted by molar-refractivity contribution is 6.31. The van der Waals surface area contributed by atoms with Crippen molar-refractivity contribution in [3.05, 3.63) is 70.6 Å². The Balaban J connectivity index is 1.51. The number of halogens is 2. The Morgan fingerprint density at radius 3 is 2.97 bits per heavy atom. The van der Waals surface area contributed by atoms with Crippen molar-refractivity contribution in [3.63, 3.8) is 0 Å². The van der Waals surface area contributed by atoms with Gasteiger partial charge in [-0.05, 0) is 30.7 Å². The van der Waals surface area contributed by atoms with Gasteiger partial charge in [-0.1, -0.05) is 35.9 Å². The van der Waals surface area contributed by atoms with Crippen molar-refractivity contribution < 1.29 is 13.9 Å². The van der Waals surface area contributed by atoms with E-state index in [1.54, 1.807) is 12.1 Å². The Bertz CT molecular complexity index is 1020. The molecule has 158 valence electrons. The highest BCUT2D eigenvalue weighted by atomic mass is 35.5. The molecular formula is C23H25ClFN3O2. The molecule has 2 N–H and O–H groups in total. The molecule has 2 atom stereocenters. The highest BCUT2D eigenvalue weighted by Gasteiger charge is 2.29. The van der Waals surface area contributed by atoms with Gasteiger partial charge in [0.05, 0.1) is 25.2 Å². The normalized spacial score (nSPS) is 18.4. The minimum absolute atomic E-state index is 0.0359. The monoisotopic (exact) mass is 429 g/mol. The van der Waals surface area contributed by atoms with Gasteiger partial charge < -0.3 is 15.0 Å². The average Bonchev–Trinajstić information content (AvgIpc) is 3.13. The maximum Gasteiger partial charge on any atom is 0.224 e. The van der Waals surface area contributed by atoms with E-state index in [0.29, 0.717) is 30.3 Å². The van der Waals surface area contributed by atoms with E-state index in [2.05, 4.69) is 15.2 Å². The van der Waals surface area contributed by atoms with Crippen molar-refractivity contribution in [1.82, 2.24) is 15.2 Å². The predicted molar refractivity (Wildman–Crippen MR) is 116 cm³/mol. The first-order chi connectivity index (χ1) is 14.5. The molecule has 0 aliphatic carbocycles. The lowest BCUT2D eigenvalue weighted by Gasteiger charge is -2.38. The first kappa shape index (κ1) is 20.8. The van der Waals surface area contributed by atoms with E-state index in [0.717, 1.165) is 16.5 Å². The number of amides is 1. The number of carbonyl (C=O) groups is 1. The highest BCUT2D eigenvalue weighted by Crippen LogP contribution is 2.31. The molecule has 5 nitrogen and oxygen atoms in total. The number of aromatic amines is 1. The number of H-pyrrole nitrogens is 1. The summed E-state index contributed by atoms with van der Waals surface area (Å²) in [6, 6.07) is 12.2. The fraction of sp³-hybridized carbons (Fsp3) is 0.348. The van der Waals surface area contributed by atoms with Gasteiger partial charge in [0.25, 0.3) is 0 Å². The van der Waals surface area contributed by atoms with Crippen LogP contribution in [0.5, 0.6) is 0 Å². The van der Waals surface area contributed by atoms with Crippen LogP contribution in [0.2, 0.25) is 5.02 Å². The quantitative estimate of drug-likeness (QED) is 0.620. The van der Waals surface area contributed by atoms with E-state index < -0.39 is 0 Å². The maximum absolute atomic E-state index is 14.7. The number of aromatic nitrogens is 1. The summed E-state index contributed by atoms with van der Waals surface area (Å²) in [6.45, 7) is 4.12. The molecule has 7 heteroatoms. The number of ether oxygens (including phenoxy) is 1. The number of fused-ring (bicyclic) bond motifs is 1. The summed E-state index contributed by atoms with van der Waals surface area (Å²) in [4.78, 5) is 18.0. The average molecular weight is 430 g/mol. The van der Waals surface area contributed by atoms with Gasteiger partial charge in [0.15, 0.2) is 0 Å². The van der Waals surface area contributed by atoms with E-state index in [9.17, 15) is 9.18 Å². The van der Waals surface area contributed by atoms with Crippen LogP contribution < -0.4 is 5.32 Å². The van der Waals surface area contributed by atoms with Gasteiger partial charge in [0.1, 0.15) is 5.82 Å². The summed E-state index contributed by atoms with van der Waals surface area (Å²) in [5, 5.41) is 4.39. The molecule has 1 aromatic heterocycles. The number of nitrogens with one attached hydrogen (secondary N) is 2. The number of nitrogens with zero attached hydrogens (tertiary/aromatic N) is 1. The van der Waals surface area contributed by atoms with Gasteiger partial charge in [-0.15, -0.1) is 0 Å². The Hall–Kier alpha value is -2.41. The van der Waals surface area contributed by atoms with E-state index in [-0.39, 0.29) is 36.8 Å². The van der Waals surface area contributed by atoms with Gasteiger partial charge in [-0.3, -0.25) is 9.69 Å². The fourth-order valence-electron chi connectivity index (χ4n) is 4.10. The summed E-state index contributed by atoms with van der Waals surface area (Å²) in [6.07, 6.45) is 2.15. The lowest BCUT2D eigenvalue weighted by molar-refractivity contribution is -0.120. The number of benzene rings is 2. The molecule has 0 bridgehead atoms. The van der Waals surface area contributed by atoms with Crippen LogP contribution in [-0.4, -0.2) is 48.1 Å². The van der Waals surface area contributed by atoms with E-state index in [1.165, 1.54) is 6.07 Å². The Kier molecular flexibility index (Phi) is 6.37. The number of hydrogen-bond acceptors (Lipinski definition) is 3. The zero-order valence-electron chi connectivity index (χ0n) is 16.8. The van der Waals surface area contributed by atoms with E-state index >= 15 is 0 Å². The van der Waals surface area contributed by atoms with Crippen LogP contribution in [-0.2, 0) is 16.0 Å². The largest absolute Gasteiger partial charge is 0.376 e. The minimum atomic E-state index is -0.364. The third-order valence-electron chi connectivity index (χ3n) is 5.56. The lowest BCUT2D eigenvalue weighted by atomic mass is 10.0. The SMILES string of the molecule is CC1CN(C(CNC(=O)Cc2c[nH]c3ccccc23)c2c(F)cccc2Cl)CCO1. The molecule has 30 heavy (non-hydrogen) atoms. The van der Waals surface area contributed by atoms with Crippen molar-refractivity contribution in [2.75, 3.05) is 26.2 Å². The first-order valence-corrected chi connectivity index (χ1v) is 10.5. The standard InChI is InChI=1S/C23H25ClFN3O2/c1-15-14-28(9-10-30-15)21(23-18(24)6-4-7-19(23)25)13-27-22(29)11-16-12-26-20-8-3-2-5-17(16)20/h2-8,12,15,21,26H,9-11,13-14H2,1H3,(H,27,29). The molecule has 2 heterocycles. The molecule has 1 amide bonds. The minimum Gasteiger partial charge on any atom is -0.376 e. The number of hydrogen-bond donors (Lipinski definition) is 2.